The summed E-state index contributed by atoms with van der Waals surface area (Å²) in [5, 5.41) is 12.8. The molecular weight excluding hydrogens is 322 g/mol. The van der Waals surface area contributed by atoms with E-state index in [1.54, 1.807) is 26.0 Å². The molecule has 112 valence electrons. The molecule has 1 aromatic rings. The fourth-order valence-electron chi connectivity index (χ4n) is 1.38. The van der Waals surface area contributed by atoms with Crippen LogP contribution in [0.5, 0.6) is 5.75 Å². The molecule has 1 rings (SSSR count). The molecule has 1 aromatic carbocycles. The number of amides is 1. The van der Waals surface area contributed by atoms with Crippen molar-refractivity contribution in [1.82, 2.24) is 5.32 Å². The summed E-state index contributed by atoms with van der Waals surface area (Å²) in [6.07, 6.45) is -0.612. The number of benzene rings is 1. The van der Waals surface area contributed by atoms with Gasteiger partial charge in [-0.1, -0.05) is 29.8 Å². The number of rotatable bonds is 6. The Morgan fingerprint density at radius 1 is 1.35 bits per heavy atom. The van der Waals surface area contributed by atoms with E-state index in [4.69, 9.17) is 4.74 Å². The first-order chi connectivity index (χ1) is 9.22. The first-order valence-electron chi connectivity index (χ1n) is 6.64. The second-order valence-corrected chi connectivity index (χ2v) is 6.36. The van der Waals surface area contributed by atoms with Crippen LogP contribution in [0.15, 0.2) is 28.7 Å². The van der Waals surface area contributed by atoms with Gasteiger partial charge in [-0.2, -0.15) is 0 Å². The Morgan fingerprint density at radius 3 is 2.40 bits per heavy atom. The van der Waals surface area contributed by atoms with Crippen molar-refractivity contribution in [3.8, 4) is 5.75 Å². The number of halogens is 1. The van der Waals surface area contributed by atoms with Crippen LogP contribution in [-0.2, 0) is 4.79 Å². The number of hydrogen-bond acceptors (Lipinski definition) is 3. The lowest BCUT2D eigenvalue weighted by Crippen LogP contribution is -2.47. The summed E-state index contributed by atoms with van der Waals surface area (Å²) in [4.78, 5) is 11.9. The van der Waals surface area contributed by atoms with Crippen molar-refractivity contribution in [2.45, 2.75) is 39.4 Å². The van der Waals surface area contributed by atoms with Gasteiger partial charge in [0.05, 0.1) is 5.60 Å². The highest BCUT2D eigenvalue weighted by molar-refractivity contribution is 9.10. The molecular formula is C15H22BrNO3. The molecule has 0 saturated heterocycles. The maximum Gasteiger partial charge on any atom is 0.260 e. The zero-order chi connectivity index (χ0) is 15.3. The van der Waals surface area contributed by atoms with Crippen molar-refractivity contribution in [2.75, 3.05) is 6.54 Å². The molecule has 0 spiro atoms. The van der Waals surface area contributed by atoms with Gasteiger partial charge >= 0.3 is 0 Å². The Hall–Kier alpha value is -1.07. The fourth-order valence-corrected chi connectivity index (χ4v) is 1.65. The van der Waals surface area contributed by atoms with Crippen LogP contribution in [0.4, 0.5) is 0 Å². The van der Waals surface area contributed by atoms with E-state index in [9.17, 15) is 9.90 Å². The molecule has 0 aromatic heterocycles. The summed E-state index contributed by atoms with van der Waals surface area (Å²) in [6, 6.07) is 7.28. The summed E-state index contributed by atoms with van der Waals surface area (Å²) in [7, 11) is 0. The number of nitrogens with one attached hydrogen (secondary N) is 1. The number of ether oxygens (including phenoxy) is 1. The molecule has 20 heavy (non-hydrogen) atoms. The summed E-state index contributed by atoms with van der Waals surface area (Å²) in [6.45, 7) is 7.42. The van der Waals surface area contributed by atoms with Crippen LogP contribution in [0.25, 0.3) is 0 Å². The predicted molar refractivity (Wildman–Crippen MR) is 82.7 cm³/mol. The van der Waals surface area contributed by atoms with E-state index >= 15 is 0 Å². The summed E-state index contributed by atoms with van der Waals surface area (Å²) < 4.78 is 6.50. The Balaban J connectivity index is 2.49. The molecule has 0 fully saturated rings. The predicted octanol–water partition coefficient (Wildman–Crippen LogP) is 2.74. The summed E-state index contributed by atoms with van der Waals surface area (Å²) in [5.41, 5.74) is -0.924. The third-order valence-corrected chi connectivity index (χ3v) is 3.89. The van der Waals surface area contributed by atoms with Gasteiger partial charge < -0.3 is 15.2 Å². The molecule has 2 atom stereocenters. The lowest BCUT2D eigenvalue weighted by atomic mass is 9.92. The van der Waals surface area contributed by atoms with E-state index < -0.39 is 11.7 Å². The zero-order valence-corrected chi connectivity index (χ0v) is 13.9. The summed E-state index contributed by atoms with van der Waals surface area (Å²) >= 11 is 3.34. The minimum atomic E-state index is -0.924. The van der Waals surface area contributed by atoms with Crippen LogP contribution in [0.2, 0.25) is 0 Å². The topological polar surface area (TPSA) is 58.6 Å². The van der Waals surface area contributed by atoms with Crippen LogP contribution in [-0.4, -0.2) is 29.3 Å². The molecule has 0 aliphatic heterocycles. The van der Waals surface area contributed by atoms with Crippen molar-refractivity contribution >= 4 is 21.8 Å². The quantitative estimate of drug-likeness (QED) is 0.834. The van der Waals surface area contributed by atoms with Gasteiger partial charge in [-0.05, 0) is 44.0 Å². The van der Waals surface area contributed by atoms with Gasteiger partial charge in [0.2, 0.25) is 0 Å². The van der Waals surface area contributed by atoms with Gasteiger partial charge in [-0.15, -0.1) is 0 Å². The number of carbonyl (C=O) groups excluding carboxylic acids is 1. The van der Waals surface area contributed by atoms with Crippen LogP contribution < -0.4 is 10.1 Å². The Bertz CT molecular complexity index is 443. The summed E-state index contributed by atoms with van der Waals surface area (Å²) in [5.74, 6) is 0.450. The Kier molecular flexibility index (Phi) is 6.02. The average molecular weight is 344 g/mol. The van der Waals surface area contributed by atoms with E-state index in [0.717, 1.165) is 4.47 Å². The van der Waals surface area contributed by atoms with Crippen molar-refractivity contribution < 1.29 is 14.6 Å². The minimum Gasteiger partial charge on any atom is -0.481 e. The van der Waals surface area contributed by atoms with Gasteiger partial charge in [0.25, 0.3) is 5.91 Å². The Morgan fingerprint density at radius 2 is 1.90 bits per heavy atom. The molecule has 1 amide bonds. The Labute approximate surface area is 128 Å². The minimum absolute atomic E-state index is 0.0606. The van der Waals surface area contributed by atoms with Crippen LogP contribution >= 0.6 is 15.9 Å². The first kappa shape index (κ1) is 17.0. The highest BCUT2D eigenvalue weighted by Crippen LogP contribution is 2.18. The van der Waals surface area contributed by atoms with E-state index in [1.165, 1.54) is 0 Å². The largest absolute Gasteiger partial charge is 0.481 e. The monoisotopic (exact) mass is 343 g/mol. The SMILES string of the molecule is CC(Oc1ccc(Br)cc1)C(=O)NCC(C)(O)C(C)C. The third-order valence-electron chi connectivity index (χ3n) is 3.36. The van der Waals surface area contributed by atoms with E-state index in [-0.39, 0.29) is 18.4 Å². The third kappa shape index (κ3) is 5.13. The second-order valence-electron chi connectivity index (χ2n) is 5.44. The van der Waals surface area contributed by atoms with Crippen molar-refractivity contribution in [1.29, 1.82) is 0 Å². The molecule has 2 unspecified atom stereocenters. The number of aliphatic hydroxyl groups is 1. The molecule has 5 heteroatoms. The molecule has 0 aliphatic carbocycles. The lowest BCUT2D eigenvalue weighted by Gasteiger charge is -2.28. The van der Waals surface area contributed by atoms with Crippen LogP contribution in [0, 0.1) is 5.92 Å². The van der Waals surface area contributed by atoms with E-state index in [2.05, 4.69) is 21.2 Å². The highest BCUT2D eigenvalue weighted by atomic mass is 79.9. The fraction of sp³-hybridized carbons (Fsp3) is 0.533. The molecule has 0 radical (unpaired) electrons. The van der Waals surface area contributed by atoms with E-state index in [0.29, 0.717) is 5.75 Å². The average Bonchev–Trinajstić information content (AvgIpc) is 2.38. The zero-order valence-electron chi connectivity index (χ0n) is 12.3. The van der Waals surface area contributed by atoms with E-state index in [1.807, 2.05) is 26.0 Å². The number of hydrogen-bond donors (Lipinski definition) is 2. The lowest BCUT2D eigenvalue weighted by molar-refractivity contribution is -0.128. The van der Waals surface area contributed by atoms with Crippen LogP contribution in [0.1, 0.15) is 27.7 Å². The number of carbonyl (C=O) groups is 1. The molecule has 2 N–H and O–H groups in total. The van der Waals surface area contributed by atoms with Gasteiger partial charge in [-0.3, -0.25) is 4.79 Å². The molecule has 0 heterocycles. The molecule has 0 bridgehead atoms. The van der Waals surface area contributed by atoms with Gasteiger partial charge in [0, 0.05) is 11.0 Å². The maximum atomic E-state index is 11.9. The second kappa shape index (κ2) is 7.09. The molecule has 0 aliphatic rings. The normalized spacial score (nSPS) is 15.6. The first-order valence-corrected chi connectivity index (χ1v) is 7.44. The molecule has 4 nitrogen and oxygen atoms in total. The van der Waals surface area contributed by atoms with Gasteiger partial charge in [0.1, 0.15) is 5.75 Å². The van der Waals surface area contributed by atoms with Crippen LogP contribution in [0.3, 0.4) is 0 Å². The van der Waals surface area contributed by atoms with Crippen molar-refractivity contribution in [3.05, 3.63) is 28.7 Å². The smallest absolute Gasteiger partial charge is 0.260 e. The van der Waals surface area contributed by atoms with Gasteiger partial charge in [0.15, 0.2) is 6.10 Å². The van der Waals surface area contributed by atoms with Crippen molar-refractivity contribution in [3.63, 3.8) is 0 Å². The highest BCUT2D eigenvalue weighted by Gasteiger charge is 2.26. The standard InChI is InChI=1S/C15H22BrNO3/c1-10(2)15(4,19)9-17-14(18)11(3)20-13-7-5-12(16)6-8-13/h5-8,10-11,19H,9H2,1-4H3,(H,17,18). The molecule has 0 saturated carbocycles. The van der Waals surface area contributed by atoms with Gasteiger partial charge in [-0.25, -0.2) is 0 Å². The van der Waals surface area contributed by atoms with Crippen molar-refractivity contribution in [2.24, 2.45) is 5.92 Å². The maximum absolute atomic E-state index is 11.9.